The first-order chi connectivity index (χ1) is 11.3. The summed E-state index contributed by atoms with van der Waals surface area (Å²) in [4.78, 5) is 1.60. The topological polar surface area (TPSA) is 50.1 Å². The minimum absolute atomic E-state index is 0.680. The molecule has 6 heteroatoms. The zero-order valence-corrected chi connectivity index (χ0v) is 14.7. The second-order valence-corrected chi connectivity index (χ2v) is 8.23. The van der Waals surface area contributed by atoms with Gasteiger partial charge >= 0.3 is 0 Å². The van der Waals surface area contributed by atoms with Crippen molar-refractivity contribution in [3.63, 3.8) is 0 Å². The smallest absolute Gasteiger partial charge is 0.187 e. The van der Waals surface area contributed by atoms with E-state index in [1.54, 1.807) is 4.90 Å². The molecule has 5 nitrogen and oxygen atoms in total. The predicted octanol–water partition coefficient (Wildman–Crippen LogP) is 0.178. The molecule has 0 radical (unpaired) electrons. The van der Waals surface area contributed by atoms with Gasteiger partial charge in [-0.05, 0) is 68.0 Å². The van der Waals surface area contributed by atoms with Crippen LogP contribution in [0.3, 0.4) is 0 Å². The first-order valence-corrected chi connectivity index (χ1v) is 9.71. The second-order valence-electron chi connectivity index (χ2n) is 7.82. The molecular formula is C17H29N4OS+. The van der Waals surface area contributed by atoms with Crippen molar-refractivity contribution in [3.05, 3.63) is 0 Å². The highest BCUT2D eigenvalue weighted by Gasteiger charge is 2.46. The number of quaternary nitrogens is 1. The van der Waals surface area contributed by atoms with Crippen molar-refractivity contribution >= 4 is 23.0 Å². The predicted molar refractivity (Wildman–Crippen MR) is 94.6 cm³/mol. The number of hydrogen-bond donors (Lipinski definition) is 3. The maximum atomic E-state index is 5.39. The fourth-order valence-corrected chi connectivity index (χ4v) is 5.42. The Morgan fingerprint density at radius 2 is 1.74 bits per heavy atom. The van der Waals surface area contributed by atoms with Gasteiger partial charge in [-0.1, -0.05) is 0 Å². The highest BCUT2D eigenvalue weighted by atomic mass is 32.1. The van der Waals surface area contributed by atoms with Gasteiger partial charge in [0.05, 0.1) is 26.3 Å². The van der Waals surface area contributed by atoms with Crippen molar-refractivity contribution < 1.29 is 9.64 Å². The molecule has 3 N–H and O–H groups in total. The molecule has 0 unspecified atom stereocenters. The largest absolute Gasteiger partial charge is 0.370 e. The number of hydrogen-bond acceptors (Lipinski definition) is 3. The van der Waals surface area contributed by atoms with Crippen molar-refractivity contribution in [2.24, 2.45) is 28.8 Å². The lowest BCUT2D eigenvalue weighted by Crippen LogP contribution is -3.14. The van der Waals surface area contributed by atoms with Gasteiger partial charge in [0, 0.05) is 5.71 Å². The second kappa shape index (κ2) is 7.03. The Kier molecular flexibility index (Phi) is 4.83. The molecule has 128 valence electrons. The molecule has 4 bridgehead atoms. The standard InChI is InChI=1S/C17H28N4OS/c23-17(18-1-2-21-3-5-22-6-4-21)20-19-16-14-8-12-7-13(10-14)11-15(16)9-12/h12-15H,1-11H2,(H2,18,20,23)/p+1. The third-order valence-corrected chi connectivity index (χ3v) is 6.46. The average molecular weight is 338 g/mol. The Labute approximate surface area is 144 Å². The molecular weight excluding hydrogens is 308 g/mol. The van der Waals surface area contributed by atoms with Crippen LogP contribution in [0.15, 0.2) is 5.10 Å². The number of hydrazone groups is 1. The summed E-state index contributed by atoms with van der Waals surface area (Å²) in [5, 5.41) is 8.71. The lowest BCUT2D eigenvalue weighted by atomic mass is 9.55. The summed E-state index contributed by atoms with van der Waals surface area (Å²) in [7, 11) is 0. The summed E-state index contributed by atoms with van der Waals surface area (Å²) in [5.41, 5.74) is 4.54. The van der Waals surface area contributed by atoms with E-state index >= 15 is 0 Å². The number of ether oxygens (including phenoxy) is 1. The fraction of sp³-hybridized carbons (Fsp3) is 0.882. The molecule has 1 aliphatic heterocycles. The zero-order chi connectivity index (χ0) is 15.6. The number of rotatable bonds is 4. The highest BCUT2D eigenvalue weighted by molar-refractivity contribution is 7.80. The fourth-order valence-electron chi connectivity index (χ4n) is 5.27. The monoisotopic (exact) mass is 337 g/mol. The summed E-state index contributed by atoms with van der Waals surface area (Å²) < 4.78 is 5.38. The van der Waals surface area contributed by atoms with Crippen LogP contribution in [0.2, 0.25) is 0 Å². The molecule has 23 heavy (non-hydrogen) atoms. The summed E-state index contributed by atoms with van der Waals surface area (Å²) >= 11 is 5.39. The van der Waals surface area contributed by atoms with Gasteiger partial charge in [-0.3, -0.25) is 5.43 Å². The van der Waals surface area contributed by atoms with Crippen LogP contribution in [0.25, 0.3) is 0 Å². The van der Waals surface area contributed by atoms with Crippen molar-refractivity contribution in [1.29, 1.82) is 0 Å². The van der Waals surface area contributed by atoms with Gasteiger partial charge in [-0.15, -0.1) is 0 Å². The van der Waals surface area contributed by atoms with Gasteiger partial charge in [0.1, 0.15) is 13.1 Å². The van der Waals surface area contributed by atoms with E-state index in [0.717, 1.165) is 63.1 Å². The van der Waals surface area contributed by atoms with Crippen LogP contribution in [0, 0.1) is 23.7 Å². The number of nitrogens with one attached hydrogen (secondary N) is 3. The number of morpholine rings is 1. The molecule has 0 amide bonds. The molecule has 5 rings (SSSR count). The van der Waals surface area contributed by atoms with Gasteiger partial charge < -0.3 is 15.0 Å². The van der Waals surface area contributed by atoms with Gasteiger partial charge in [0.15, 0.2) is 5.11 Å². The van der Waals surface area contributed by atoms with Gasteiger partial charge in [0.25, 0.3) is 0 Å². The van der Waals surface area contributed by atoms with Crippen molar-refractivity contribution in [3.8, 4) is 0 Å². The first kappa shape index (κ1) is 15.8. The van der Waals surface area contributed by atoms with E-state index in [4.69, 9.17) is 22.1 Å². The van der Waals surface area contributed by atoms with Crippen molar-refractivity contribution in [2.45, 2.75) is 32.1 Å². The lowest BCUT2D eigenvalue weighted by Gasteiger charge is -2.50. The van der Waals surface area contributed by atoms with E-state index in [1.165, 1.54) is 37.8 Å². The van der Waals surface area contributed by atoms with Crippen LogP contribution < -0.4 is 15.6 Å². The Morgan fingerprint density at radius 3 is 2.39 bits per heavy atom. The summed E-state index contributed by atoms with van der Waals surface area (Å²) in [5.74, 6) is 3.44. The molecule has 0 spiro atoms. The average Bonchev–Trinajstić information content (AvgIpc) is 2.54. The van der Waals surface area contributed by atoms with Crippen molar-refractivity contribution in [1.82, 2.24) is 10.7 Å². The van der Waals surface area contributed by atoms with Crippen LogP contribution in [0.1, 0.15) is 32.1 Å². The Hall–Kier alpha value is -0.720. The van der Waals surface area contributed by atoms with Crippen LogP contribution in [0.4, 0.5) is 0 Å². The van der Waals surface area contributed by atoms with Crippen LogP contribution in [-0.4, -0.2) is 50.2 Å². The molecule has 4 saturated carbocycles. The SMILES string of the molecule is S=C(NCC[NH+]1CCOCC1)NN=C1C2CC3CC(C2)CC1C3. The summed E-state index contributed by atoms with van der Waals surface area (Å²) in [6.45, 7) is 5.98. The van der Waals surface area contributed by atoms with Gasteiger partial charge in [0.2, 0.25) is 0 Å². The van der Waals surface area contributed by atoms with Crippen LogP contribution >= 0.6 is 12.2 Å². The lowest BCUT2D eigenvalue weighted by molar-refractivity contribution is -0.906. The molecule has 4 aliphatic carbocycles. The van der Waals surface area contributed by atoms with E-state index in [1.807, 2.05) is 0 Å². The zero-order valence-electron chi connectivity index (χ0n) is 13.9. The minimum atomic E-state index is 0.680. The molecule has 5 aliphatic rings. The van der Waals surface area contributed by atoms with Gasteiger partial charge in [-0.2, -0.15) is 5.10 Å². The van der Waals surface area contributed by atoms with E-state index in [0.29, 0.717) is 5.11 Å². The quantitative estimate of drug-likeness (QED) is 0.506. The minimum Gasteiger partial charge on any atom is -0.370 e. The first-order valence-electron chi connectivity index (χ1n) is 9.30. The third-order valence-electron chi connectivity index (χ3n) is 6.23. The molecule has 5 fully saturated rings. The Balaban J connectivity index is 1.21. The number of thiocarbonyl (C=S) groups is 1. The van der Waals surface area contributed by atoms with Crippen molar-refractivity contribution in [2.75, 3.05) is 39.4 Å². The van der Waals surface area contributed by atoms with E-state index in [-0.39, 0.29) is 0 Å². The Bertz CT molecular complexity index is 445. The molecule has 0 aromatic rings. The van der Waals surface area contributed by atoms with E-state index in [2.05, 4.69) is 10.7 Å². The maximum Gasteiger partial charge on any atom is 0.187 e. The molecule has 1 heterocycles. The Morgan fingerprint density at radius 1 is 1.09 bits per heavy atom. The maximum absolute atomic E-state index is 5.39. The molecule has 1 saturated heterocycles. The van der Waals surface area contributed by atoms with E-state index in [9.17, 15) is 0 Å². The molecule has 0 aromatic carbocycles. The number of nitrogens with zero attached hydrogens (tertiary/aromatic N) is 1. The summed E-state index contributed by atoms with van der Waals surface area (Å²) in [6.07, 6.45) is 6.96. The molecule has 0 aromatic heterocycles. The van der Waals surface area contributed by atoms with Gasteiger partial charge in [-0.25, -0.2) is 0 Å². The normalized spacial score (nSPS) is 36.1. The highest BCUT2D eigenvalue weighted by Crippen LogP contribution is 2.52. The van der Waals surface area contributed by atoms with Crippen LogP contribution in [0.5, 0.6) is 0 Å². The molecule has 0 atom stereocenters. The van der Waals surface area contributed by atoms with Crippen LogP contribution in [-0.2, 0) is 4.74 Å². The van der Waals surface area contributed by atoms with E-state index < -0.39 is 0 Å². The summed E-state index contributed by atoms with van der Waals surface area (Å²) in [6, 6.07) is 0. The third kappa shape index (κ3) is 3.69.